The number of hydrogen-bond donors (Lipinski definition) is 2. The summed E-state index contributed by atoms with van der Waals surface area (Å²) in [6.45, 7) is 5.52. The van der Waals surface area contributed by atoms with Crippen molar-refractivity contribution < 1.29 is 9.59 Å². The smallest absolute Gasteiger partial charge is 0.225 e. The van der Waals surface area contributed by atoms with E-state index in [0.29, 0.717) is 32.1 Å². The molecule has 0 bridgehead atoms. The van der Waals surface area contributed by atoms with Gasteiger partial charge in [-0.05, 0) is 38.1 Å². The number of amides is 2. The fraction of sp³-hybridized carbons (Fsp3) is 0.750. The largest absolute Gasteiger partial charge is 0.370 e. The third-order valence-corrected chi connectivity index (χ3v) is 4.22. The van der Waals surface area contributed by atoms with Crippen LogP contribution in [0.4, 0.5) is 0 Å². The van der Waals surface area contributed by atoms with Gasteiger partial charge in [0, 0.05) is 25.9 Å². The predicted octanol–water partition coefficient (Wildman–Crippen LogP) is 0.977. The molecule has 1 aliphatic rings. The zero-order chi connectivity index (χ0) is 16.8. The highest BCUT2D eigenvalue weighted by molar-refractivity contribution is 5.85. The predicted molar refractivity (Wildman–Crippen MR) is 84.3 cm³/mol. The maximum atomic E-state index is 12.0. The summed E-state index contributed by atoms with van der Waals surface area (Å²) in [6, 6.07) is 2.26. The van der Waals surface area contributed by atoms with Gasteiger partial charge >= 0.3 is 0 Å². The van der Waals surface area contributed by atoms with Gasteiger partial charge < -0.3 is 16.0 Å². The molecule has 1 rings (SSSR count). The normalized spacial score (nSPS) is 18.5. The Morgan fingerprint density at radius 1 is 1.41 bits per heavy atom. The Morgan fingerprint density at radius 2 is 2.00 bits per heavy atom. The monoisotopic (exact) mass is 307 g/mol. The first-order valence-corrected chi connectivity index (χ1v) is 7.71. The zero-order valence-electron chi connectivity index (χ0n) is 13.8. The van der Waals surface area contributed by atoms with Crippen LogP contribution in [0.25, 0.3) is 0 Å². The number of primary amides is 1. The highest BCUT2D eigenvalue weighted by Gasteiger charge is 2.35. The summed E-state index contributed by atoms with van der Waals surface area (Å²) in [5, 5.41) is 12.2. The fourth-order valence-corrected chi connectivity index (χ4v) is 2.71. The van der Waals surface area contributed by atoms with E-state index in [1.165, 1.54) is 0 Å². The number of carbonyl (C=O) groups is 2. The molecule has 0 unspecified atom stereocenters. The van der Waals surface area contributed by atoms with Crippen molar-refractivity contribution in [1.29, 1.82) is 5.26 Å². The van der Waals surface area contributed by atoms with E-state index in [9.17, 15) is 14.9 Å². The van der Waals surface area contributed by atoms with E-state index in [4.69, 9.17) is 5.73 Å². The van der Waals surface area contributed by atoms with Gasteiger partial charge in [-0.2, -0.15) is 5.26 Å². The van der Waals surface area contributed by atoms with Gasteiger partial charge in [0.1, 0.15) is 5.54 Å². The molecule has 1 aliphatic heterocycles. The molecule has 1 radical (unpaired) electrons. The number of nitriles is 1. The van der Waals surface area contributed by atoms with Crippen LogP contribution >= 0.6 is 0 Å². The molecule has 6 heteroatoms. The number of nitrogens with two attached hydrogens (primary N) is 1. The molecular weight excluding hydrogens is 280 g/mol. The number of rotatable bonds is 7. The Labute approximate surface area is 133 Å². The molecule has 123 valence electrons. The Kier molecular flexibility index (Phi) is 6.36. The van der Waals surface area contributed by atoms with Crippen LogP contribution < -0.4 is 11.1 Å². The first-order chi connectivity index (χ1) is 10.2. The summed E-state index contributed by atoms with van der Waals surface area (Å²) in [5.41, 5.74) is 4.25. The summed E-state index contributed by atoms with van der Waals surface area (Å²) in [6.07, 6.45) is 4.43. The Hall–Kier alpha value is -1.61. The molecule has 1 saturated heterocycles. The topological polar surface area (TPSA) is 99.2 Å². The molecular formula is C16H27N4O2. The Balaban J connectivity index is 2.40. The van der Waals surface area contributed by atoms with Gasteiger partial charge in [-0.3, -0.25) is 9.59 Å². The molecule has 0 aromatic carbocycles. The average molecular weight is 307 g/mol. The average Bonchev–Trinajstić information content (AvgIpc) is 2.40. The van der Waals surface area contributed by atoms with Gasteiger partial charge in [-0.25, -0.2) is 0 Å². The lowest BCUT2D eigenvalue weighted by molar-refractivity contribution is -0.120. The Bertz CT molecular complexity index is 446. The molecule has 22 heavy (non-hydrogen) atoms. The summed E-state index contributed by atoms with van der Waals surface area (Å²) in [7, 11) is 2.01. The number of carbonyl (C=O) groups excluding carboxylic acids is 2. The van der Waals surface area contributed by atoms with Gasteiger partial charge in [0.25, 0.3) is 0 Å². The lowest BCUT2D eigenvalue weighted by atomic mass is 9.83. The number of nitrogens with zero attached hydrogens (tertiary/aromatic N) is 2. The lowest BCUT2D eigenvalue weighted by Gasteiger charge is -2.36. The van der Waals surface area contributed by atoms with Crippen molar-refractivity contribution >= 4 is 11.8 Å². The van der Waals surface area contributed by atoms with Crippen LogP contribution in [-0.4, -0.2) is 42.4 Å². The van der Waals surface area contributed by atoms with E-state index >= 15 is 0 Å². The van der Waals surface area contributed by atoms with Crippen molar-refractivity contribution in [3.63, 3.8) is 0 Å². The maximum Gasteiger partial charge on any atom is 0.225 e. The standard InChI is InChI=1S/C16H27N4O2/c1-15(2,11-13(18)21)6-4-5-14(22)19-16(12-17)7-9-20(3)10-8-16/h5H,4,6-11H2,1-3H3,(H2,18,21)(H,19,22). The minimum atomic E-state index is -0.747. The third kappa shape index (κ3) is 6.02. The second-order valence-corrected chi connectivity index (χ2v) is 7.04. The van der Waals surface area contributed by atoms with E-state index in [-0.39, 0.29) is 17.2 Å². The second-order valence-electron chi connectivity index (χ2n) is 7.04. The second kappa shape index (κ2) is 7.59. The number of piperidine rings is 1. The summed E-state index contributed by atoms with van der Waals surface area (Å²) in [4.78, 5) is 25.2. The number of nitrogens with one attached hydrogen (secondary N) is 1. The number of hydrogen-bond acceptors (Lipinski definition) is 4. The van der Waals surface area contributed by atoms with Crippen LogP contribution in [-0.2, 0) is 9.59 Å². The van der Waals surface area contributed by atoms with Gasteiger partial charge in [0.2, 0.25) is 11.8 Å². The maximum absolute atomic E-state index is 12.0. The molecule has 0 aromatic heterocycles. The van der Waals surface area contributed by atoms with Gasteiger partial charge in [-0.1, -0.05) is 13.8 Å². The summed E-state index contributed by atoms with van der Waals surface area (Å²) >= 11 is 0. The molecule has 0 saturated carbocycles. The van der Waals surface area contributed by atoms with Crippen LogP contribution in [0.1, 0.15) is 46.0 Å². The molecule has 2 amide bonds. The van der Waals surface area contributed by atoms with E-state index in [1.807, 2.05) is 20.9 Å². The van der Waals surface area contributed by atoms with Crippen molar-refractivity contribution in [2.75, 3.05) is 20.1 Å². The quantitative estimate of drug-likeness (QED) is 0.732. The van der Waals surface area contributed by atoms with Crippen molar-refractivity contribution in [2.24, 2.45) is 11.1 Å². The summed E-state index contributed by atoms with van der Waals surface area (Å²) < 4.78 is 0. The first kappa shape index (κ1) is 18.4. The first-order valence-electron chi connectivity index (χ1n) is 7.71. The van der Waals surface area contributed by atoms with E-state index in [0.717, 1.165) is 13.1 Å². The molecule has 0 atom stereocenters. The number of likely N-dealkylation sites (tertiary alicyclic amines) is 1. The van der Waals surface area contributed by atoms with E-state index in [2.05, 4.69) is 16.3 Å². The molecule has 0 aromatic rings. The molecule has 3 N–H and O–H groups in total. The van der Waals surface area contributed by atoms with Gasteiger partial charge in [-0.15, -0.1) is 0 Å². The zero-order valence-corrected chi connectivity index (χ0v) is 13.8. The van der Waals surface area contributed by atoms with Crippen LogP contribution in [0.3, 0.4) is 0 Å². The van der Waals surface area contributed by atoms with E-state index < -0.39 is 5.54 Å². The fourth-order valence-electron chi connectivity index (χ4n) is 2.71. The SMILES string of the molecule is CN1CCC(C#N)(NC(=O)[CH]CCC(C)(C)CC(N)=O)CC1. The van der Waals surface area contributed by atoms with Crippen LogP contribution in [0.15, 0.2) is 0 Å². The van der Waals surface area contributed by atoms with Crippen molar-refractivity contribution in [3.8, 4) is 6.07 Å². The van der Waals surface area contributed by atoms with Crippen LogP contribution in [0.5, 0.6) is 0 Å². The molecule has 1 heterocycles. The third-order valence-electron chi connectivity index (χ3n) is 4.22. The van der Waals surface area contributed by atoms with Gasteiger partial charge in [0.15, 0.2) is 0 Å². The van der Waals surface area contributed by atoms with Gasteiger partial charge in [0.05, 0.1) is 6.07 Å². The van der Waals surface area contributed by atoms with Crippen LogP contribution in [0.2, 0.25) is 0 Å². The van der Waals surface area contributed by atoms with Crippen molar-refractivity contribution in [3.05, 3.63) is 6.42 Å². The minimum absolute atomic E-state index is 0.207. The van der Waals surface area contributed by atoms with Crippen molar-refractivity contribution in [1.82, 2.24) is 10.2 Å². The minimum Gasteiger partial charge on any atom is -0.370 e. The lowest BCUT2D eigenvalue weighted by Crippen LogP contribution is -2.53. The van der Waals surface area contributed by atoms with Crippen molar-refractivity contribution in [2.45, 2.75) is 51.5 Å². The van der Waals surface area contributed by atoms with Crippen LogP contribution in [0, 0.1) is 23.2 Å². The molecule has 6 nitrogen and oxygen atoms in total. The highest BCUT2D eigenvalue weighted by atomic mass is 16.2. The molecule has 0 spiro atoms. The highest BCUT2D eigenvalue weighted by Crippen LogP contribution is 2.27. The summed E-state index contributed by atoms with van der Waals surface area (Å²) in [5.74, 6) is -0.537. The molecule has 0 aliphatic carbocycles. The Morgan fingerprint density at radius 3 is 2.50 bits per heavy atom. The van der Waals surface area contributed by atoms with E-state index in [1.54, 1.807) is 6.42 Å². The molecule has 1 fully saturated rings.